The van der Waals surface area contributed by atoms with Crippen LogP contribution < -0.4 is 0 Å². The van der Waals surface area contributed by atoms with Crippen molar-refractivity contribution < 1.29 is 4.79 Å². The standard InChI is InChI=1S/C16H30O/c1-3-5-7-14-9-11-15(12-10-14)13-16(17)8-6-4-2/h14-15H,3-13H2,1-2H3. The summed E-state index contributed by atoms with van der Waals surface area (Å²) in [5.74, 6) is 2.21. The number of carbonyl (C=O) groups excluding carboxylic acids is 1. The Balaban J connectivity index is 2.12. The van der Waals surface area contributed by atoms with Gasteiger partial charge in [-0.2, -0.15) is 0 Å². The summed E-state index contributed by atoms with van der Waals surface area (Å²) in [6.07, 6.45) is 13.5. The van der Waals surface area contributed by atoms with Crippen LogP contribution in [0.1, 0.15) is 84.5 Å². The fourth-order valence-corrected chi connectivity index (χ4v) is 3.02. The van der Waals surface area contributed by atoms with Gasteiger partial charge in [0.1, 0.15) is 5.78 Å². The molecule has 17 heavy (non-hydrogen) atoms. The first kappa shape index (κ1) is 14.7. The SMILES string of the molecule is CCCCC(=O)CC1CCC(CCCC)CC1. The van der Waals surface area contributed by atoms with Gasteiger partial charge < -0.3 is 0 Å². The highest BCUT2D eigenvalue weighted by Crippen LogP contribution is 2.33. The third-order valence-corrected chi connectivity index (χ3v) is 4.26. The van der Waals surface area contributed by atoms with Gasteiger partial charge >= 0.3 is 0 Å². The maximum atomic E-state index is 11.7. The van der Waals surface area contributed by atoms with Gasteiger partial charge in [0.2, 0.25) is 0 Å². The van der Waals surface area contributed by atoms with Gasteiger partial charge in [0.15, 0.2) is 0 Å². The zero-order chi connectivity index (χ0) is 12.5. The quantitative estimate of drug-likeness (QED) is 0.572. The molecule has 0 atom stereocenters. The van der Waals surface area contributed by atoms with Crippen molar-refractivity contribution in [3.05, 3.63) is 0 Å². The van der Waals surface area contributed by atoms with E-state index in [9.17, 15) is 4.79 Å². The van der Waals surface area contributed by atoms with Crippen molar-refractivity contribution in [2.24, 2.45) is 11.8 Å². The molecule has 1 heteroatoms. The Morgan fingerprint density at radius 1 is 0.941 bits per heavy atom. The van der Waals surface area contributed by atoms with Crippen molar-refractivity contribution in [3.63, 3.8) is 0 Å². The Morgan fingerprint density at radius 2 is 1.53 bits per heavy atom. The van der Waals surface area contributed by atoms with E-state index in [0.29, 0.717) is 5.78 Å². The van der Waals surface area contributed by atoms with E-state index in [1.807, 2.05) is 0 Å². The molecule has 0 spiro atoms. The van der Waals surface area contributed by atoms with E-state index in [-0.39, 0.29) is 0 Å². The fourth-order valence-electron chi connectivity index (χ4n) is 3.02. The predicted molar refractivity (Wildman–Crippen MR) is 74.1 cm³/mol. The van der Waals surface area contributed by atoms with Crippen LogP contribution in [-0.2, 0) is 4.79 Å². The van der Waals surface area contributed by atoms with Crippen LogP contribution in [-0.4, -0.2) is 5.78 Å². The van der Waals surface area contributed by atoms with E-state index in [1.54, 1.807) is 0 Å². The summed E-state index contributed by atoms with van der Waals surface area (Å²) in [6.45, 7) is 4.43. The molecule has 0 heterocycles. The molecular weight excluding hydrogens is 208 g/mol. The molecule has 100 valence electrons. The first-order valence-corrected chi connectivity index (χ1v) is 7.77. The molecule has 1 aliphatic carbocycles. The molecule has 0 unspecified atom stereocenters. The monoisotopic (exact) mass is 238 g/mol. The van der Waals surface area contributed by atoms with Crippen LogP contribution in [0.4, 0.5) is 0 Å². The summed E-state index contributed by atoms with van der Waals surface area (Å²) in [5, 5.41) is 0. The third-order valence-electron chi connectivity index (χ3n) is 4.26. The van der Waals surface area contributed by atoms with Crippen LogP contribution >= 0.6 is 0 Å². The second-order valence-corrected chi connectivity index (χ2v) is 5.88. The van der Waals surface area contributed by atoms with Gasteiger partial charge in [-0.15, -0.1) is 0 Å². The molecule has 1 nitrogen and oxygen atoms in total. The first-order chi connectivity index (χ1) is 8.26. The fraction of sp³-hybridized carbons (Fsp3) is 0.938. The number of hydrogen-bond donors (Lipinski definition) is 0. The van der Waals surface area contributed by atoms with Crippen LogP contribution in [0.15, 0.2) is 0 Å². The molecule has 0 aliphatic heterocycles. The average molecular weight is 238 g/mol. The molecule has 0 aromatic heterocycles. The normalized spacial score (nSPS) is 24.8. The number of ketones is 1. The number of rotatable bonds is 8. The Bertz CT molecular complexity index is 202. The van der Waals surface area contributed by atoms with Gasteiger partial charge in [0.05, 0.1) is 0 Å². The molecule has 0 radical (unpaired) electrons. The summed E-state index contributed by atoms with van der Waals surface area (Å²) in [4.78, 5) is 11.7. The minimum atomic E-state index is 0.517. The lowest BCUT2D eigenvalue weighted by Crippen LogP contribution is -2.17. The van der Waals surface area contributed by atoms with Crippen LogP contribution in [0.3, 0.4) is 0 Å². The molecular formula is C16H30O. The molecule has 1 fully saturated rings. The van der Waals surface area contributed by atoms with Crippen LogP contribution in [0.25, 0.3) is 0 Å². The maximum Gasteiger partial charge on any atom is 0.133 e. The third kappa shape index (κ3) is 6.24. The van der Waals surface area contributed by atoms with Crippen molar-refractivity contribution in [3.8, 4) is 0 Å². The van der Waals surface area contributed by atoms with Gasteiger partial charge in [-0.1, -0.05) is 52.4 Å². The molecule has 1 aliphatic rings. The smallest absolute Gasteiger partial charge is 0.133 e. The Morgan fingerprint density at radius 3 is 2.12 bits per heavy atom. The van der Waals surface area contributed by atoms with Gasteiger partial charge in [-0.3, -0.25) is 4.79 Å². The van der Waals surface area contributed by atoms with Gasteiger partial charge in [-0.05, 0) is 31.1 Å². The van der Waals surface area contributed by atoms with E-state index in [2.05, 4.69) is 13.8 Å². The second-order valence-electron chi connectivity index (χ2n) is 5.88. The number of Topliss-reactive ketones (excluding diaryl/α,β-unsaturated/α-hetero) is 1. The van der Waals surface area contributed by atoms with Gasteiger partial charge in [0.25, 0.3) is 0 Å². The van der Waals surface area contributed by atoms with Crippen molar-refractivity contribution in [2.45, 2.75) is 84.5 Å². The molecule has 0 N–H and O–H groups in total. The van der Waals surface area contributed by atoms with E-state index in [4.69, 9.17) is 0 Å². The summed E-state index contributed by atoms with van der Waals surface area (Å²) in [6, 6.07) is 0. The molecule has 0 bridgehead atoms. The maximum absolute atomic E-state index is 11.7. The number of unbranched alkanes of at least 4 members (excludes halogenated alkanes) is 2. The largest absolute Gasteiger partial charge is 0.300 e. The highest BCUT2D eigenvalue weighted by molar-refractivity contribution is 5.78. The summed E-state index contributed by atoms with van der Waals surface area (Å²) in [7, 11) is 0. The molecule has 1 saturated carbocycles. The van der Waals surface area contributed by atoms with Crippen LogP contribution in [0.2, 0.25) is 0 Å². The minimum absolute atomic E-state index is 0.517. The van der Waals surface area contributed by atoms with Crippen molar-refractivity contribution in [1.82, 2.24) is 0 Å². The van der Waals surface area contributed by atoms with Crippen molar-refractivity contribution >= 4 is 5.78 Å². The van der Waals surface area contributed by atoms with E-state index < -0.39 is 0 Å². The zero-order valence-corrected chi connectivity index (χ0v) is 11.8. The van der Waals surface area contributed by atoms with Crippen LogP contribution in [0.5, 0.6) is 0 Å². The molecule has 1 rings (SSSR count). The average Bonchev–Trinajstić information content (AvgIpc) is 2.35. The minimum Gasteiger partial charge on any atom is -0.300 e. The molecule has 0 saturated heterocycles. The highest BCUT2D eigenvalue weighted by atomic mass is 16.1. The van der Waals surface area contributed by atoms with Crippen molar-refractivity contribution in [1.29, 1.82) is 0 Å². The predicted octanol–water partition coefficient (Wildman–Crippen LogP) is 5.13. The Hall–Kier alpha value is -0.330. The lowest BCUT2D eigenvalue weighted by molar-refractivity contribution is -0.120. The lowest BCUT2D eigenvalue weighted by atomic mass is 9.78. The van der Waals surface area contributed by atoms with Gasteiger partial charge in [0, 0.05) is 12.8 Å². The number of carbonyl (C=O) groups is 1. The summed E-state index contributed by atoms with van der Waals surface area (Å²) >= 11 is 0. The highest BCUT2D eigenvalue weighted by Gasteiger charge is 2.22. The second kappa shape index (κ2) is 8.72. The molecule has 0 aromatic rings. The van der Waals surface area contributed by atoms with E-state index in [1.165, 1.54) is 44.9 Å². The topological polar surface area (TPSA) is 17.1 Å². The number of hydrogen-bond acceptors (Lipinski definition) is 1. The summed E-state index contributed by atoms with van der Waals surface area (Å²) in [5.41, 5.74) is 0. The summed E-state index contributed by atoms with van der Waals surface area (Å²) < 4.78 is 0. The molecule has 0 aromatic carbocycles. The lowest BCUT2D eigenvalue weighted by Gasteiger charge is -2.28. The zero-order valence-electron chi connectivity index (χ0n) is 11.8. The van der Waals surface area contributed by atoms with Crippen LogP contribution in [0, 0.1) is 11.8 Å². The van der Waals surface area contributed by atoms with Crippen molar-refractivity contribution in [2.75, 3.05) is 0 Å². The first-order valence-electron chi connectivity index (χ1n) is 7.77. The Kier molecular flexibility index (Phi) is 7.55. The van der Waals surface area contributed by atoms with Gasteiger partial charge in [-0.25, -0.2) is 0 Å². The van der Waals surface area contributed by atoms with E-state index >= 15 is 0 Å². The molecule has 0 amide bonds. The Labute approximate surface area is 107 Å². The van der Waals surface area contributed by atoms with E-state index in [0.717, 1.165) is 37.5 Å².